The van der Waals surface area contributed by atoms with E-state index in [1.54, 1.807) is 38.3 Å². The summed E-state index contributed by atoms with van der Waals surface area (Å²) in [6.07, 6.45) is 0.679. The van der Waals surface area contributed by atoms with Crippen molar-refractivity contribution in [3.8, 4) is 0 Å². The van der Waals surface area contributed by atoms with Crippen LogP contribution in [0.3, 0.4) is 0 Å². The number of ether oxygens (including phenoxy) is 2. The van der Waals surface area contributed by atoms with Crippen LogP contribution in [-0.2, 0) is 9.47 Å². The number of anilines is 1. The first-order valence-electron chi connectivity index (χ1n) is 9.04. The summed E-state index contributed by atoms with van der Waals surface area (Å²) in [6.45, 7) is 3.86. The Hall–Kier alpha value is -2.77. The molecule has 0 atom stereocenters. The van der Waals surface area contributed by atoms with Crippen LogP contribution in [0, 0.1) is 12.7 Å². The van der Waals surface area contributed by atoms with E-state index in [9.17, 15) is 14.0 Å². The smallest absolute Gasteiger partial charge is 0.258 e. The first-order chi connectivity index (χ1) is 13.5. The lowest BCUT2D eigenvalue weighted by atomic mass is 10.1. The monoisotopic (exact) mass is 388 g/mol. The number of rotatable bonds is 10. The summed E-state index contributed by atoms with van der Waals surface area (Å²) in [4.78, 5) is 24.6. The van der Waals surface area contributed by atoms with Crippen molar-refractivity contribution in [2.24, 2.45) is 0 Å². The lowest BCUT2D eigenvalue weighted by molar-refractivity contribution is 0.0688. The molecule has 0 spiro atoms. The van der Waals surface area contributed by atoms with E-state index in [1.165, 1.54) is 18.2 Å². The molecule has 0 aliphatic carbocycles. The van der Waals surface area contributed by atoms with Crippen molar-refractivity contribution in [3.63, 3.8) is 0 Å². The Balaban J connectivity index is 1.92. The molecule has 7 heteroatoms. The average molecular weight is 388 g/mol. The van der Waals surface area contributed by atoms with E-state index in [4.69, 9.17) is 9.47 Å². The maximum atomic E-state index is 13.8. The van der Waals surface area contributed by atoms with Crippen LogP contribution in [0.1, 0.15) is 32.7 Å². The number of methoxy groups -OCH3 is 1. The van der Waals surface area contributed by atoms with Gasteiger partial charge in [-0.15, -0.1) is 0 Å². The molecule has 0 fully saturated rings. The molecule has 2 N–H and O–H groups in total. The van der Waals surface area contributed by atoms with Crippen molar-refractivity contribution in [2.45, 2.75) is 13.3 Å². The summed E-state index contributed by atoms with van der Waals surface area (Å²) in [5.74, 6) is -1.41. The van der Waals surface area contributed by atoms with E-state index in [1.807, 2.05) is 0 Å². The largest absolute Gasteiger partial charge is 0.382 e. The first kappa shape index (κ1) is 21.5. The van der Waals surface area contributed by atoms with Gasteiger partial charge in [0.1, 0.15) is 5.82 Å². The molecule has 0 aliphatic heterocycles. The fraction of sp³-hybridized carbons (Fsp3) is 0.333. The number of hydrogen-bond donors (Lipinski definition) is 2. The molecule has 2 amide bonds. The number of halogens is 1. The van der Waals surface area contributed by atoms with Gasteiger partial charge in [0.05, 0.1) is 18.8 Å². The third-order valence-electron chi connectivity index (χ3n) is 4.05. The lowest BCUT2D eigenvalue weighted by Gasteiger charge is -2.11. The third kappa shape index (κ3) is 6.44. The van der Waals surface area contributed by atoms with E-state index >= 15 is 0 Å². The van der Waals surface area contributed by atoms with Gasteiger partial charge in [0.15, 0.2) is 0 Å². The van der Waals surface area contributed by atoms with Gasteiger partial charge in [0, 0.05) is 31.5 Å². The highest BCUT2D eigenvalue weighted by atomic mass is 19.1. The highest BCUT2D eigenvalue weighted by molar-refractivity contribution is 6.05. The zero-order valence-electron chi connectivity index (χ0n) is 16.1. The molecule has 150 valence electrons. The average Bonchev–Trinajstić information content (AvgIpc) is 2.69. The van der Waals surface area contributed by atoms with E-state index in [0.29, 0.717) is 44.0 Å². The minimum Gasteiger partial charge on any atom is -0.382 e. The first-order valence-corrected chi connectivity index (χ1v) is 9.04. The lowest BCUT2D eigenvalue weighted by Crippen LogP contribution is -2.25. The maximum Gasteiger partial charge on any atom is 0.258 e. The quantitative estimate of drug-likeness (QED) is 0.613. The summed E-state index contributed by atoms with van der Waals surface area (Å²) in [7, 11) is 1.61. The van der Waals surface area contributed by atoms with Gasteiger partial charge in [-0.05, 0) is 43.2 Å². The molecule has 0 unspecified atom stereocenters. The number of hydrogen-bond acceptors (Lipinski definition) is 4. The molecule has 0 aliphatic rings. The highest BCUT2D eigenvalue weighted by Gasteiger charge is 2.14. The SMILES string of the molecule is COCCOCCCNC(=O)c1ccc(C)c(NC(=O)c2ccccc2F)c1. The third-order valence-corrected chi connectivity index (χ3v) is 4.05. The van der Waals surface area contributed by atoms with Crippen molar-refractivity contribution in [1.82, 2.24) is 5.32 Å². The summed E-state index contributed by atoms with van der Waals surface area (Å²) >= 11 is 0. The second-order valence-corrected chi connectivity index (χ2v) is 6.18. The van der Waals surface area contributed by atoms with E-state index < -0.39 is 11.7 Å². The van der Waals surface area contributed by atoms with Crippen molar-refractivity contribution >= 4 is 17.5 Å². The number of aryl methyl sites for hydroxylation is 1. The van der Waals surface area contributed by atoms with Crippen molar-refractivity contribution < 1.29 is 23.5 Å². The highest BCUT2D eigenvalue weighted by Crippen LogP contribution is 2.19. The topological polar surface area (TPSA) is 76.7 Å². The van der Waals surface area contributed by atoms with Crippen LogP contribution in [0.15, 0.2) is 42.5 Å². The molecule has 28 heavy (non-hydrogen) atoms. The number of carbonyl (C=O) groups is 2. The van der Waals surface area contributed by atoms with Gasteiger partial charge in [0.2, 0.25) is 0 Å². The Bertz CT molecular complexity index is 811. The van der Waals surface area contributed by atoms with E-state index in [-0.39, 0.29) is 11.5 Å². The van der Waals surface area contributed by atoms with Gasteiger partial charge in [-0.3, -0.25) is 9.59 Å². The Kier molecular flexibility index (Phi) is 8.58. The standard InChI is InChI=1S/C21H25FN2O4/c1-15-8-9-16(20(25)23-10-5-11-28-13-12-27-2)14-19(15)24-21(26)17-6-3-4-7-18(17)22/h3-4,6-9,14H,5,10-13H2,1-2H3,(H,23,25)(H,24,26). The molecule has 2 aromatic rings. The maximum absolute atomic E-state index is 13.8. The predicted octanol–water partition coefficient (Wildman–Crippen LogP) is 3.17. The minimum absolute atomic E-state index is 0.0507. The fourth-order valence-corrected chi connectivity index (χ4v) is 2.46. The Morgan fingerprint density at radius 1 is 1.04 bits per heavy atom. The molecular formula is C21H25FN2O4. The van der Waals surface area contributed by atoms with Gasteiger partial charge in [-0.2, -0.15) is 0 Å². The van der Waals surface area contributed by atoms with Crippen molar-refractivity contribution in [3.05, 3.63) is 65.0 Å². The second-order valence-electron chi connectivity index (χ2n) is 6.18. The summed E-state index contributed by atoms with van der Waals surface area (Å²) in [5.41, 5.74) is 1.59. The zero-order valence-corrected chi connectivity index (χ0v) is 16.1. The molecule has 6 nitrogen and oxygen atoms in total. The molecule has 0 heterocycles. The van der Waals surface area contributed by atoms with E-state index in [2.05, 4.69) is 10.6 Å². The van der Waals surface area contributed by atoms with Gasteiger partial charge < -0.3 is 20.1 Å². The number of nitrogens with one attached hydrogen (secondary N) is 2. The summed E-state index contributed by atoms with van der Waals surface area (Å²) in [6, 6.07) is 10.7. The molecule has 0 saturated heterocycles. The van der Waals surface area contributed by atoms with Crippen LogP contribution < -0.4 is 10.6 Å². The summed E-state index contributed by atoms with van der Waals surface area (Å²) < 4.78 is 24.0. The van der Waals surface area contributed by atoms with Gasteiger partial charge in [-0.25, -0.2) is 4.39 Å². The Morgan fingerprint density at radius 2 is 1.82 bits per heavy atom. The Labute approximate surface area is 164 Å². The summed E-state index contributed by atoms with van der Waals surface area (Å²) in [5, 5.41) is 5.48. The molecule has 2 rings (SSSR count). The van der Waals surface area contributed by atoms with Crippen LogP contribution in [0.5, 0.6) is 0 Å². The van der Waals surface area contributed by atoms with Crippen molar-refractivity contribution in [1.29, 1.82) is 0 Å². The second kappa shape index (κ2) is 11.2. The van der Waals surface area contributed by atoms with Crippen molar-refractivity contribution in [2.75, 3.05) is 38.8 Å². The van der Waals surface area contributed by atoms with Crippen LogP contribution in [0.2, 0.25) is 0 Å². The molecular weight excluding hydrogens is 363 g/mol. The molecule has 0 radical (unpaired) electrons. The van der Waals surface area contributed by atoms with Gasteiger partial charge >= 0.3 is 0 Å². The zero-order chi connectivity index (χ0) is 20.4. The van der Waals surface area contributed by atoms with Gasteiger partial charge in [-0.1, -0.05) is 18.2 Å². The van der Waals surface area contributed by atoms with Gasteiger partial charge in [0.25, 0.3) is 11.8 Å². The normalized spacial score (nSPS) is 10.5. The predicted molar refractivity (Wildman–Crippen MR) is 105 cm³/mol. The van der Waals surface area contributed by atoms with Crippen LogP contribution in [0.25, 0.3) is 0 Å². The Morgan fingerprint density at radius 3 is 2.57 bits per heavy atom. The van der Waals surface area contributed by atoms with E-state index in [0.717, 1.165) is 5.56 Å². The molecule has 0 bridgehead atoms. The molecule has 0 aromatic heterocycles. The fourth-order valence-electron chi connectivity index (χ4n) is 2.46. The van der Waals surface area contributed by atoms with Crippen LogP contribution in [-0.4, -0.2) is 45.3 Å². The molecule has 0 saturated carbocycles. The molecule has 2 aromatic carbocycles. The minimum atomic E-state index is -0.598. The number of amides is 2. The van der Waals surface area contributed by atoms with Crippen LogP contribution in [0.4, 0.5) is 10.1 Å². The number of benzene rings is 2. The number of carbonyl (C=O) groups excluding carboxylic acids is 2. The van der Waals surface area contributed by atoms with Crippen LogP contribution >= 0.6 is 0 Å².